The fraction of sp³-hybridized carbons (Fsp3) is 0.571. The highest BCUT2D eigenvalue weighted by molar-refractivity contribution is 6.18. The summed E-state index contributed by atoms with van der Waals surface area (Å²) in [4.78, 5) is 0. The first-order chi connectivity index (χ1) is 7.90. The third kappa shape index (κ3) is 3.23. The van der Waals surface area contributed by atoms with Crippen molar-refractivity contribution in [3.8, 4) is 0 Å². The smallest absolute Gasteiger partial charge is 0.0576 e. The first-order valence-electron chi connectivity index (χ1n) is 6.12. The molecule has 0 bridgehead atoms. The number of ether oxygens (including phenoxy) is 1. The van der Waals surface area contributed by atoms with E-state index in [0.717, 1.165) is 19.4 Å². The topological polar surface area (TPSA) is 9.23 Å². The van der Waals surface area contributed by atoms with Gasteiger partial charge >= 0.3 is 0 Å². The second-order valence-corrected chi connectivity index (χ2v) is 4.78. The van der Waals surface area contributed by atoms with Gasteiger partial charge in [-0.05, 0) is 37.2 Å². The predicted molar refractivity (Wildman–Crippen MR) is 68.1 cm³/mol. The number of rotatable bonds is 5. The van der Waals surface area contributed by atoms with E-state index in [1.165, 1.54) is 18.4 Å². The van der Waals surface area contributed by atoms with Crippen molar-refractivity contribution in [2.45, 2.75) is 37.7 Å². The Morgan fingerprint density at radius 1 is 1.31 bits per heavy atom. The van der Waals surface area contributed by atoms with Crippen LogP contribution in [0.2, 0.25) is 0 Å². The fourth-order valence-corrected chi connectivity index (χ4v) is 2.65. The maximum Gasteiger partial charge on any atom is 0.0576 e. The van der Waals surface area contributed by atoms with Gasteiger partial charge in [0.2, 0.25) is 0 Å². The van der Waals surface area contributed by atoms with Gasteiger partial charge in [-0.3, -0.25) is 0 Å². The highest BCUT2D eigenvalue weighted by atomic mass is 35.5. The van der Waals surface area contributed by atoms with Crippen LogP contribution in [0, 0.1) is 0 Å². The highest BCUT2D eigenvalue weighted by Gasteiger charge is 2.18. The lowest BCUT2D eigenvalue weighted by molar-refractivity contribution is 0.101. The Morgan fingerprint density at radius 3 is 2.75 bits per heavy atom. The van der Waals surface area contributed by atoms with Gasteiger partial charge in [0.25, 0.3) is 0 Å². The van der Waals surface area contributed by atoms with E-state index < -0.39 is 0 Å². The molecule has 1 saturated heterocycles. The van der Waals surface area contributed by atoms with E-state index in [1.807, 2.05) is 0 Å². The first-order valence-corrected chi connectivity index (χ1v) is 6.66. The van der Waals surface area contributed by atoms with Gasteiger partial charge in [-0.25, -0.2) is 0 Å². The Morgan fingerprint density at radius 2 is 2.12 bits per heavy atom. The van der Waals surface area contributed by atoms with Gasteiger partial charge in [-0.1, -0.05) is 30.3 Å². The molecule has 1 aliphatic heterocycles. The number of hydrogen-bond acceptors (Lipinski definition) is 1. The van der Waals surface area contributed by atoms with Crippen molar-refractivity contribution < 1.29 is 4.74 Å². The lowest BCUT2D eigenvalue weighted by Gasteiger charge is -2.16. The number of halogens is 1. The minimum absolute atomic E-state index is 0.479. The molecule has 0 spiro atoms. The molecular formula is C14H19ClO. The van der Waals surface area contributed by atoms with Crippen molar-refractivity contribution >= 4 is 11.6 Å². The summed E-state index contributed by atoms with van der Waals surface area (Å²) in [5.74, 6) is 1.18. The Hall–Kier alpha value is -0.530. The van der Waals surface area contributed by atoms with Gasteiger partial charge in [0, 0.05) is 12.5 Å². The molecule has 2 atom stereocenters. The summed E-state index contributed by atoms with van der Waals surface area (Å²) in [7, 11) is 0. The van der Waals surface area contributed by atoms with Crippen LogP contribution in [-0.2, 0) is 4.74 Å². The summed E-state index contributed by atoms with van der Waals surface area (Å²) in [5, 5.41) is 0. The minimum atomic E-state index is 0.479. The van der Waals surface area contributed by atoms with Crippen molar-refractivity contribution in [1.29, 1.82) is 0 Å². The maximum atomic E-state index is 6.05. The second kappa shape index (κ2) is 6.27. The maximum absolute atomic E-state index is 6.05. The molecular weight excluding hydrogens is 220 g/mol. The molecule has 16 heavy (non-hydrogen) atoms. The molecule has 1 heterocycles. The monoisotopic (exact) mass is 238 g/mol. The Kier molecular flexibility index (Phi) is 4.68. The number of hydrogen-bond donors (Lipinski definition) is 0. The fourth-order valence-electron chi connectivity index (χ4n) is 2.32. The molecule has 0 radical (unpaired) electrons. The molecule has 0 N–H and O–H groups in total. The largest absolute Gasteiger partial charge is 0.378 e. The highest BCUT2D eigenvalue weighted by Crippen LogP contribution is 2.26. The Balaban J connectivity index is 1.85. The molecule has 1 aromatic rings. The van der Waals surface area contributed by atoms with Gasteiger partial charge in [-0.15, -0.1) is 11.6 Å². The van der Waals surface area contributed by atoms with Gasteiger partial charge in [0.05, 0.1) is 6.10 Å². The van der Waals surface area contributed by atoms with Crippen LogP contribution in [0.4, 0.5) is 0 Å². The normalized spacial score (nSPS) is 22.2. The summed E-state index contributed by atoms with van der Waals surface area (Å²) in [6, 6.07) is 10.6. The molecule has 1 nitrogen and oxygen atoms in total. The quantitative estimate of drug-likeness (QED) is 0.706. The SMILES string of the molecule is ClCC(CCC1CCCO1)c1ccccc1. The molecule has 1 aliphatic rings. The lowest BCUT2D eigenvalue weighted by Crippen LogP contribution is -2.09. The van der Waals surface area contributed by atoms with E-state index >= 15 is 0 Å². The summed E-state index contributed by atoms with van der Waals surface area (Å²) in [6.45, 7) is 0.946. The van der Waals surface area contributed by atoms with Gasteiger partial charge in [0.1, 0.15) is 0 Å². The molecule has 0 saturated carbocycles. The van der Waals surface area contributed by atoms with Crippen LogP contribution in [0.1, 0.15) is 37.2 Å². The molecule has 0 aliphatic carbocycles. The van der Waals surface area contributed by atoms with E-state index in [0.29, 0.717) is 17.9 Å². The standard InChI is InChI=1S/C14H19ClO/c15-11-13(12-5-2-1-3-6-12)8-9-14-7-4-10-16-14/h1-3,5-6,13-14H,4,7-11H2. The summed E-state index contributed by atoms with van der Waals surface area (Å²) in [5.41, 5.74) is 1.36. The van der Waals surface area contributed by atoms with E-state index in [2.05, 4.69) is 30.3 Å². The van der Waals surface area contributed by atoms with Crippen LogP contribution < -0.4 is 0 Å². The molecule has 1 aromatic carbocycles. The predicted octanol–water partition coefficient (Wildman–Crippen LogP) is 3.97. The van der Waals surface area contributed by atoms with E-state index in [4.69, 9.17) is 16.3 Å². The molecule has 0 aromatic heterocycles. The van der Waals surface area contributed by atoms with Crippen LogP contribution in [0.5, 0.6) is 0 Å². The molecule has 2 rings (SSSR count). The number of benzene rings is 1. The zero-order valence-corrected chi connectivity index (χ0v) is 10.3. The van der Waals surface area contributed by atoms with Gasteiger partial charge < -0.3 is 4.74 Å². The first kappa shape index (κ1) is 11.9. The molecule has 88 valence electrons. The van der Waals surface area contributed by atoms with Crippen LogP contribution >= 0.6 is 11.6 Å². The molecule has 1 fully saturated rings. The molecule has 2 heteroatoms. The molecule has 0 amide bonds. The van der Waals surface area contributed by atoms with E-state index in [1.54, 1.807) is 0 Å². The van der Waals surface area contributed by atoms with Crippen molar-refractivity contribution in [3.05, 3.63) is 35.9 Å². The van der Waals surface area contributed by atoms with Crippen molar-refractivity contribution in [2.24, 2.45) is 0 Å². The zero-order valence-electron chi connectivity index (χ0n) is 9.57. The van der Waals surface area contributed by atoms with Crippen molar-refractivity contribution in [1.82, 2.24) is 0 Å². The van der Waals surface area contributed by atoms with Crippen LogP contribution in [0.3, 0.4) is 0 Å². The average Bonchev–Trinajstić information content (AvgIpc) is 2.84. The van der Waals surface area contributed by atoms with Crippen LogP contribution in [0.25, 0.3) is 0 Å². The lowest BCUT2D eigenvalue weighted by atomic mass is 9.94. The van der Waals surface area contributed by atoms with Crippen molar-refractivity contribution in [3.63, 3.8) is 0 Å². The van der Waals surface area contributed by atoms with Crippen LogP contribution in [-0.4, -0.2) is 18.6 Å². The summed E-state index contributed by atoms with van der Waals surface area (Å²) < 4.78 is 5.64. The summed E-state index contributed by atoms with van der Waals surface area (Å²) in [6.07, 6.45) is 5.21. The average molecular weight is 239 g/mol. The van der Waals surface area contributed by atoms with Gasteiger partial charge in [-0.2, -0.15) is 0 Å². The van der Waals surface area contributed by atoms with Crippen LogP contribution in [0.15, 0.2) is 30.3 Å². The third-order valence-electron chi connectivity index (χ3n) is 3.32. The third-order valence-corrected chi connectivity index (χ3v) is 3.69. The van der Waals surface area contributed by atoms with E-state index in [-0.39, 0.29) is 0 Å². The van der Waals surface area contributed by atoms with Crippen molar-refractivity contribution in [2.75, 3.05) is 12.5 Å². The molecule has 2 unspecified atom stereocenters. The van der Waals surface area contributed by atoms with Gasteiger partial charge in [0.15, 0.2) is 0 Å². The zero-order chi connectivity index (χ0) is 11.2. The Bertz CT molecular complexity index is 293. The minimum Gasteiger partial charge on any atom is -0.378 e. The Labute approximate surface area is 103 Å². The second-order valence-electron chi connectivity index (χ2n) is 4.47. The number of alkyl halides is 1. The van der Waals surface area contributed by atoms with E-state index in [9.17, 15) is 0 Å². The summed E-state index contributed by atoms with van der Waals surface area (Å²) >= 11 is 6.05.